The number of benzene rings is 2. The number of furan rings is 1. The van der Waals surface area contributed by atoms with E-state index >= 15 is 0 Å². The number of para-hydroxylation sites is 1. The SMILES string of the molecule is O=C1N/C(=C\c2ccc(-c3ccc(Cl)c([N+](=O)[O-])c3)o2)C(=O)N1c1ccccc1. The zero-order chi connectivity index (χ0) is 20.5. The molecule has 1 N–H and O–H groups in total. The van der Waals surface area contributed by atoms with Gasteiger partial charge < -0.3 is 9.73 Å². The number of hydrogen-bond acceptors (Lipinski definition) is 5. The van der Waals surface area contributed by atoms with Crippen LogP contribution in [0.1, 0.15) is 5.76 Å². The lowest BCUT2D eigenvalue weighted by molar-refractivity contribution is -0.384. The Morgan fingerprint density at radius 3 is 2.55 bits per heavy atom. The molecule has 3 aromatic rings. The van der Waals surface area contributed by atoms with E-state index in [1.54, 1.807) is 48.5 Å². The molecule has 1 fully saturated rings. The second-order valence-electron chi connectivity index (χ2n) is 6.09. The molecule has 1 saturated heterocycles. The monoisotopic (exact) mass is 409 g/mol. The van der Waals surface area contributed by atoms with E-state index in [1.165, 1.54) is 18.2 Å². The minimum Gasteiger partial charge on any atom is -0.457 e. The van der Waals surface area contributed by atoms with Gasteiger partial charge in [-0.2, -0.15) is 0 Å². The van der Waals surface area contributed by atoms with Crippen molar-refractivity contribution >= 4 is 41.0 Å². The van der Waals surface area contributed by atoms with Crippen LogP contribution in [0.3, 0.4) is 0 Å². The average Bonchev–Trinajstić information content (AvgIpc) is 3.27. The molecule has 2 heterocycles. The molecular formula is C20H12ClN3O5. The Morgan fingerprint density at radius 1 is 1.07 bits per heavy atom. The van der Waals surface area contributed by atoms with Gasteiger partial charge in [0.2, 0.25) is 0 Å². The minimum absolute atomic E-state index is 0.0212. The summed E-state index contributed by atoms with van der Waals surface area (Å²) in [5.74, 6) is 0.144. The zero-order valence-corrected chi connectivity index (χ0v) is 15.4. The molecule has 0 aliphatic carbocycles. The highest BCUT2D eigenvalue weighted by Crippen LogP contribution is 2.32. The van der Waals surface area contributed by atoms with Crippen molar-refractivity contribution in [2.24, 2.45) is 0 Å². The number of hydrogen-bond donors (Lipinski definition) is 1. The van der Waals surface area contributed by atoms with Crippen LogP contribution in [0.5, 0.6) is 0 Å². The van der Waals surface area contributed by atoms with Crippen molar-refractivity contribution in [2.45, 2.75) is 0 Å². The van der Waals surface area contributed by atoms with E-state index in [1.807, 2.05) is 0 Å². The van der Waals surface area contributed by atoms with Crippen LogP contribution < -0.4 is 10.2 Å². The third-order valence-corrected chi connectivity index (χ3v) is 4.55. The van der Waals surface area contributed by atoms with Crippen molar-refractivity contribution in [3.05, 3.63) is 87.3 Å². The lowest BCUT2D eigenvalue weighted by atomic mass is 10.1. The highest BCUT2D eigenvalue weighted by molar-refractivity contribution is 6.32. The summed E-state index contributed by atoms with van der Waals surface area (Å²) >= 11 is 5.83. The molecule has 0 unspecified atom stereocenters. The standard InChI is InChI=1S/C20H12ClN3O5/c21-15-8-6-12(10-17(15)24(27)28)18-9-7-14(29-18)11-16-19(25)23(20(26)22-16)13-4-2-1-3-5-13/h1-11H,(H,22,26)/b16-11-. The Morgan fingerprint density at radius 2 is 1.83 bits per heavy atom. The number of nitro groups is 1. The van der Waals surface area contributed by atoms with Crippen LogP contribution in [-0.2, 0) is 4.79 Å². The molecule has 3 amide bonds. The highest BCUT2D eigenvalue weighted by atomic mass is 35.5. The van der Waals surface area contributed by atoms with Crippen molar-refractivity contribution < 1.29 is 18.9 Å². The predicted molar refractivity (Wildman–Crippen MR) is 106 cm³/mol. The summed E-state index contributed by atoms with van der Waals surface area (Å²) in [6.07, 6.45) is 1.40. The Hall–Kier alpha value is -3.91. The fourth-order valence-corrected chi connectivity index (χ4v) is 3.07. The first-order valence-electron chi connectivity index (χ1n) is 8.40. The number of amides is 3. The van der Waals surface area contributed by atoms with E-state index in [4.69, 9.17) is 16.0 Å². The van der Waals surface area contributed by atoms with Crippen molar-refractivity contribution in [1.82, 2.24) is 5.32 Å². The number of anilines is 1. The molecule has 0 spiro atoms. The average molecular weight is 410 g/mol. The van der Waals surface area contributed by atoms with E-state index < -0.39 is 16.9 Å². The second-order valence-corrected chi connectivity index (χ2v) is 6.50. The predicted octanol–water partition coefficient (Wildman–Crippen LogP) is 4.61. The third kappa shape index (κ3) is 3.48. The summed E-state index contributed by atoms with van der Waals surface area (Å²) < 4.78 is 5.67. The summed E-state index contributed by atoms with van der Waals surface area (Å²) in [5.41, 5.74) is 0.726. The van der Waals surface area contributed by atoms with Crippen LogP contribution in [0.2, 0.25) is 5.02 Å². The van der Waals surface area contributed by atoms with Crippen LogP contribution in [0.4, 0.5) is 16.2 Å². The van der Waals surface area contributed by atoms with E-state index in [0.717, 1.165) is 4.90 Å². The molecule has 1 aliphatic heterocycles. The molecule has 0 radical (unpaired) electrons. The molecular weight excluding hydrogens is 398 g/mol. The van der Waals surface area contributed by atoms with Crippen molar-refractivity contribution in [1.29, 1.82) is 0 Å². The fourth-order valence-electron chi connectivity index (χ4n) is 2.88. The zero-order valence-electron chi connectivity index (χ0n) is 14.7. The van der Waals surface area contributed by atoms with Gasteiger partial charge >= 0.3 is 6.03 Å². The van der Waals surface area contributed by atoms with Gasteiger partial charge in [0.25, 0.3) is 11.6 Å². The number of carbonyl (C=O) groups is 2. The van der Waals surface area contributed by atoms with Crippen LogP contribution >= 0.6 is 11.6 Å². The maximum Gasteiger partial charge on any atom is 0.333 e. The summed E-state index contributed by atoms with van der Waals surface area (Å²) in [7, 11) is 0. The smallest absolute Gasteiger partial charge is 0.333 e. The third-order valence-electron chi connectivity index (χ3n) is 4.23. The largest absolute Gasteiger partial charge is 0.457 e. The van der Waals surface area contributed by atoms with Gasteiger partial charge in [-0.25, -0.2) is 9.69 Å². The maximum absolute atomic E-state index is 12.6. The van der Waals surface area contributed by atoms with Gasteiger partial charge in [-0.05, 0) is 36.4 Å². The van der Waals surface area contributed by atoms with Crippen LogP contribution in [0, 0.1) is 10.1 Å². The summed E-state index contributed by atoms with van der Waals surface area (Å²) in [6.45, 7) is 0. The molecule has 2 aromatic carbocycles. The Balaban J connectivity index is 1.62. The molecule has 8 nitrogen and oxygen atoms in total. The van der Waals surface area contributed by atoms with Gasteiger partial charge in [0, 0.05) is 17.7 Å². The Kier molecular flexibility index (Phi) is 4.61. The number of nitrogens with one attached hydrogen (secondary N) is 1. The van der Waals surface area contributed by atoms with Gasteiger partial charge in [0.05, 0.1) is 10.6 Å². The van der Waals surface area contributed by atoms with Crippen molar-refractivity contribution in [2.75, 3.05) is 4.90 Å². The summed E-state index contributed by atoms with van der Waals surface area (Å²) in [6, 6.07) is 15.5. The molecule has 4 rings (SSSR count). The van der Waals surface area contributed by atoms with Crippen molar-refractivity contribution in [3.8, 4) is 11.3 Å². The lowest BCUT2D eigenvalue weighted by Crippen LogP contribution is -2.30. The molecule has 29 heavy (non-hydrogen) atoms. The van der Waals surface area contributed by atoms with Crippen LogP contribution in [0.15, 0.2) is 70.8 Å². The van der Waals surface area contributed by atoms with Gasteiger partial charge in [-0.3, -0.25) is 14.9 Å². The normalized spacial score (nSPS) is 15.1. The minimum atomic E-state index is -0.581. The first kappa shape index (κ1) is 18.5. The molecule has 144 valence electrons. The number of imide groups is 1. The number of halogens is 1. The van der Waals surface area contributed by atoms with E-state index in [-0.39, 0.29) is 16.4 Å². The topological polar surface area (TPSA) is 106 Å². The lowest BCUT2D eigenvalue weighted by Gasteiger charge is -2.10. The first-order chi connectivity index (χ1) is 13.9. The number of rotatable bonds is 4. The van der Waals surface area contributed by atoms with Gasteiger partial charge in [-0.1, -0.05) is 29.8 Å². The second kappa shape index (κ2) is 7.25. The van der Waals surface area contributed by atoms with Gasteiger partial charge in [0.1, 0.15) is 22.2 Å². The number of urea groups is 1. The fraction of sp³-hybridized carbons (Fsp3) is 0. The molecule has 0 atom stereocenters. The van der Waals surface area contributed by atoms with E-state index in [9.17, 15) is 19.7 Å². The molecule has 0 saturated carbocycles. The van der Waals surface area contributed by atoms with E-state index in [2.05, 4.69) is 5.32 Å². The van der Waals surface area contributed by atoms with Gasteiger partial charge in [-0.15, -0.1) is 0 Å². The number of nitro benzene ring substituents is 1. The van der Waals surface area contributed by atoms with Gasteiger partial charge in [0.15, 0.2) is 0 Å². The Labute approximate surface area is 169 Å². The van der Waals surface area contributed by atoms with E-state index in [0.29, 0.717) is 22.8 Å². The first-order valence-corrected chi connectivity index (χ1v) is 8.78. The van der Waals surface area contributed by atoms with Crippen molar-refractivity contribution in [3.63, 3.8) is 0 Å². The number of nitrogens with zero attached hydrogens (tertiary/aromatic N) is 2. The summed E-state index contributed by atoms with van der Waals surface area (Å²) in [5, 5.41) is 13.6. The maximum atomic E-state index is 12.6. The molecule has 9 heteroatoms. The molecule has 1 aliphatic rings. The van der Waals surface area contributed by atoms with Crippen LogP contribution in [-0.4, -0.2) is 16.9 Å². The summed E-state index contributed by atoms with van der Waals surface area (Å²) in [4.78, 5) is 36.3. The Bertz CT molecular complexity index is 1170. The number of carbonyl (C=O) groups excluding carboxylic acids is 2. The van der Waals surface area contributed by atoms with Crippen LogP contribution in [0.25, 0.3) is 17.4 Å². The highest BCUT2D eigenvalue weighted by Gasteiger charge is 2.35. The molecule has 0 bridgehead atoms. The molecule has 1 aromatic heterocycles. The quantitative estimate of drug-likeness (QED) is 0.293.